The molecule has 2 heterocycles. The van der Waals surface area contributed by atoms with E-state index < -0.39 is 0 Å². The number of benzene rings is 1. The molecule has 3 rings (SSSR count). The molecule has 2 aliphatic heterocycles. The Morgan fingerprint density at radius 3 is 3.19 bits per heavy atom. The molecule has 2 unspecified atom stereocenters. The summed E-state index contributed by atoms with van der Waals surface area (Å²) in [4.78, 5) is 2.65. The lowest BCUT2D eigenvalue weighted by Crippen LogP contribution is -2.45. The molecule has 2 saturated heterocycles. The first kappa shape index (κ1) is 14.4. The molecule has 4 nitrogen and oxygen atoms in total. The van der Waals surface area contributed by atoms with Gasteiger partial charge in [0.2, 0.25) is 0 Å². The Hall–Kier alpha value is -1.57. The second-order valence-electron chi connectivity index (χ2n) is 6.03. The lowest BCUT2D eigenvalue weighted by atomic mass is 9.97. The van der Waals surface area contributed by atoms with Crippen molar-refractivity contribution in [3.05, 3.63) is 29.8 Å². The predicted octanol–water partition coefficient (Wildman–Crippen LogP) is 2.31. The van der Waals surface area contributed by atoms with E-state index in [9.17, 15) is 0 Å². The third-order valence-corrected chi connectivity index (χ3v) is 4.62. The molecule has 4 heteroatoms. The lowest BCUT2D eigenvalue weighted by molar-refractivity contribution is 0.166. The van der Waals surface area contributed by atoms with Gasteiger partial charge >= 0.3 is 0 Å². The van der Waals surface area contributed by atoms with Gasteiger partial charge in [-0.15, -0.1) is 0 Å². The molecule has 0 amide bonds. The maximum atomic E-state index is 8.55. The van der Waals surface area contributed by atoms with Crippen molar-refractivity contribution in [1.29, 1.82) is 5.26 Å². The van der Waals surface area contributed by atoms with Gasteiger partial charge in [0, 0.05) is 18.6 Å². The third-order valence-electron chi connectivity index (χ3n) is 4.62. The van der Waals surface area contributed by atoms with E-state index in [1.165, 1.54) is 44.3 Å². The van der Waals surface area contributed by atoms with E-state index in [0.717, 1.165) is 18.3 Å². The molecule has 2 fully saturated rings. The molecule has 0 aromatic heterocycles. The summed E-state index contributed by atoms with van der Waals surface area (Å²) in [5.74, 6) is 0.779. The van der Waals surface area contributed by atoms with Gasteiger partial charge in [0.1, 0.15) is 11.8 Å². The third kappa shape index (κ3) is 3.75. The monoisotopic (exact) mass is 285 g/mol. The SMILES string of the molecule is N#CCOc1cccc(CNC2CCN3CCCC3C2)c1. The highest BCUT2D eigenvalue weighted by Gasteiger charge is 2.31. The van der Waals surface area contributed by atoms with E-state index in [4.69, 9.17) is 10.00 Å². The van der Waals surface area contributed by atoms with Crippen LogP contribution in [0, 0.1) is 11.3 Å². The van der Waals surface area contributed by atoms with Crippen molar-refractivity contribution < 1.29 is 4.74 Å². The summed E-state index contributed by atoms with van der Waals surface area (Å²) >= 11 is 0. The van der Waals surface area contributed by atoms with E-state index >= 15 is 0 Å². The molecule has 0 spiro atoms. The van der Waals surface area contributed by atoms with Crippen molar-refractivity contribution in [3.63, 3.8) is 0 Å². The molecular weight excluding hydrogens is 262 g/mol. The first-order valence-electron chi connectivity index (χ1n) is 7.91. The van der Waals surface area contributed by atoms with Gasteiger partial charge in [-0.05, 0) is 56.5 Å². The van der Waals surface area contributed by atoms with Crippen LogP contribution in [0.25, 0.3) is 0 Å². The second-order valence-corrected chi connectivity index (χ2v) is 6.03. The molecule has 21 heavy (non-hydrogen) atoms. The molecule has 0 bridgehead atoms. The number of hydrogen-bond donors (Lipinski definition) is 1. The van der Waals surface area contributed by atoms with E-state index in [2.05, 4.69) is 16.3 Å². The van der Waals surface area contributed by atoms with Crippen LogP contribution in [0.2, 0.25) is 0 Å². The largest absolute Gasteiger partial charge is 0.479 e. The summed E-state index contributed by atoms with van der Waals surface area (Å²) < 4.78 is 5.35. The number of hydrogen-bond acceptors (Lipinski definition) is 4. The molecule has 0 aliphatic carbocycles. The van der Waals surface area contributed by atoms with Crippen molar-refractivity contribution in [1.82, 2.24) is 10.2 Å². The van der Waals surface area contributed by atoms with Gasteiger partial charge in [0.15, 0.2) is 6.61 Å². The number of ether oxygens (including phenoxy) is 1. The van der Waals surface area contributed by atoms with E-state index in [-0.39, 0.29) is 6.61 Å². The highest BCUT2D eigenvalue weighted by molar-refractivity contribution is 5.28. The molecule has 0 saturated carbocycles. The van der Waals surface area contributed by atoms with Crippen LogP contribution in [-0.2, 0) is 6.54 Å². The Morgan fingerprint density at radius 1 is 1.33 bits per heavy atom. The molecule has 112 valence electrons. The van der Waals surface area contributed by atoms with Crippen LogP contribution >= 0.6 is 0 Å². The Labute approximate surface area is 126 Å². The van der Waals surface area contributed by atoms with E-state index in [0.29, 0.717) is 6.04 Å². The summed E-state index contributed by atoms with van der Waals surface area (Å²) in [6.45, 7) is 3.53. The topological polar surface area (TPSA) is 48.3 Å². The second kappa shape index (κ2) is 6.93. The zero-order valence-corrected chi connectivity index (χ0v) is 12.4. The smallest absolute Gasteiger partial charge is 0.174 e. The van der Waals surface area contributed by atoms with Gasteiger partial charge in [-0.3, -0.25) is 0 Å². The van der Waals surface area contributed by atoms with Crippen LogP contribution in [-0.4, -0.2) is 36.7 Å². The number of nitrogens with one attached hydrogen (secondary N) is 1. The first-order valence-corrected chi connectivity index (χ1v) is 7.91. The van der Waals surface area contributed by atoms with Crippen molar-refractivity contribution in [2.45, 2.75) is 44.3 Å². The molecule has 2 atom stereocenters. The van der Waals surface area contributed by atoms with E-state index in [1.54, 1.807) is 0 Å². The Kier molecular flexibility index (Phi) is 4.74. The number of rotatable bonds is 5. The average molecular weight is 285 g/mol. The number of piperidine rings is 1. The maximum Gasteiger partial charge on any atom is 0.174 e. The van der Waals surface area contributed by atoms with E-state index in [1.807, 2.05) is 24.3 Å². The van der Waals surface area contributed by atoms with Gasteiger partial charge in [-0.25, -0.2) is 0 Å². The minimum absolute atomic E-state index is 0.108. The van der Waals surface area contributed by atoms with Gasteiger partial charge in [-0.2, -0.15) is 5.26 Å². The van der Waals surface area contributed by atoms with Gasteiger partial charge < -0.3 is 15.0 Å². The fourth-order valence-corrected chi connectivity index (χ4v) is 3.53. The number of nitrogens with zero attached hydrogens (tertiary/aromatic N) is 2. The Morgan fingerprint density at radius 2 is 2.29 bits per heavy atom. The molecule has 2 aliphatic rings. The van der Waals surface area contributed by atoms with Crippen molar-refractivity contribution >= 4 is 0 Å². The summed E-state index contributed by atoms with van der Waals surface area (Å²) in [5.41, 5.74) is 1.22. The zero-order chi connectivity index (χ0) is 14.5. The van der Waals surface area contributed by atoms with Crippen molar-refractivity contribution in [2.24, 2.45) is 0 Å². The Bertz CT molecular complexity index is 511. The minimum Gasteiger partial charge on any atom is -0.479 e. The standard InChI is InChI=1S/C17H23N3O/c18-7-10-21-17-5-1-3-14(11-17)13-19-15-6-9-20-8-2-4-16(20)12-15/h1,3,5,11,15-16,19H,2,4,6,8-10,12-13H2. The van der Waals surface area contributed by atoms with Crippen LogP contribution in [0.1, 0.15) is 31.2 Å². The minimum atomic E-state index is 0.108. The van der Waals surface area contributed by atoms with Crippen LogP contribution < -0.4 is 10.1 Å². The lowest BCUT2D eigenvalue weighted by Gasteiger charge is -2.35. The van der Waals surface area contributed by atoms with Crippen molar-refractivity contribution in [3.8, 4) is 11.8 Å². The Balaban J connectivity index is 1.49. The average Bonchev–Trinajstić information content (AvgIpc) is 2.99. The highest BCUT2D eigenvalue weighted by atomic mass is 16.5. The fourth-order valence-electron chi connectivity index (χ4n) is 3.53. The highest BCUT2D eigenvalue weighted by Crippen LogP contribution is 2.27. The summed E-state index contributed by atoms with van der Waals surface area (Å²) in [7, 11) is 0. The van der Waals surface area contributed by atoms with Crippen LogP contribution in [0.15, 0.2) is 24.3 Å². The summed E-state index contributed by atoms with van der Waals surface area (Å²) in [6, 6.07) is 11.5. The molecular formula is C17H23N3O. The molecule has 1 aromatic rings. The fraction of sp³-hybridized carbons (Fsp3) is 0.588. The molecule has 1 N–H and O–H groups in total. The first-order chi connectivity index (χ1) is 10.3. The number of nitriles is 1. The van der Waals surface area contributed by atoms with Gasteiger partial charge in [0.05, 0.1) is 0 Å². The molecule has 1 aromatic carbocycles. The van der Waals surface area contributed by atoms with Crippen LogP contribution in [0.5, 0.6) is 5.75 Å². The normalized spacial score (nSPS) is 25.3. The van der Waals surface area contributed by atoms with Gasteiger partial charge in [0.25, 0.3) is 0 Å². The quantitative estimate of drug-likeness (QED) is 0.902. The zero-order valence-electron chi connectivity index (χ0n) is 12.4. The van der Waals surface area contributed by atoms with Crippen LogP contribution in [0.3, 0.4) is 0 Å². The maximum absolute atomic E-state index is 8.55. The van der Waals surface area contributed by atoms with Crippen LogP contribution in [0.4, 0.5) is 0 Å². The summed E-state index contributed by atoms with van der Waals surface area (Å²) in [6.07, 6.45) is 5.27. The predicted molar refractivity (Wildman–Crippen MR) is 82.0 cm³/mol. The summed E-state index contributed by atoms with van der Waals surface area (Å²) in [5, 5.41) is 12.2. The van der Waals surface area contributed by atoms with Gasteiger partial charge in [-0.1, -0.05) is 12.1 Å². The van der Waals surface area contributed by atoms with Crippen molar-refractivity contribution in [2.75, 3.05) is 19.7 Å². The molecule has 0 radical (unpaired) electrons. The number of fused-ring (bicyclic) bond motifs is 1.